The smallest absolute Gasteiger partial charge is 0.312 e. The molecule has 0 N–H and O–H groups in total. The molecule has 0 aliphatic rings. The van der Waals surface area contributed by atoms with E-state index in [1.165, 1.54) is 12.3 Å². The van der Waals surface area contributed by atoms with Crippen molar-refractivity contribution in [3.8, 4) is 0 Å². The molecule has 0 aliphatic heterocycles. The minimum Gasteiger partial charge on any atom is -0.350 e. The Labute approximate surface area is 129 Å². The molecule has 0 bridgehead atoms. The average Bonchev–Trinajstić information content (AvgIpc) is 2.38. The van der Waals surface area contributed by atoms with Gasteiger partial charge in [0.2, 0.25) is 5.82 Å². The monoisotopic (exact) mass is 355 g/mol. The summed E-state index contributed by atoms with van der Waals surface area (Å²) in [5.74, 6) is 0.318. The summed E-state index contributed by atoms with van der Waals surface area (Å²) < 4.78 is 0.573. The van der Waals surface area contributed by atoms with E-state index >= 15 is 0 Å². The molecule has 20 heavy (non-hydrogen) atoms. The fourth-order valence-electron chi connectivity index (χ4n) is 1.83. The molecule has 0 saturated heterocycles. The van der Waals surface area contributed by atoms with Crippen LogP contribution in [0, 0.1) is 10.1 Å². The molecule has 1 aromatic heterocycles. The van der Waals surface area contributed by atoms with Crippen molar-refractivity contribution >= 4 is 39.0 Å². The average molecular weight is 357 g/mol. The van der Waals surface area contributed by atoms with Gasteiger partial charge in [-0.2, -0.15) is 0 Å². The van der Waals surface area contributed by atoms with E-state index in [2.05, 4.69) is 20.9 Å². The normalized spacial score (nSPS) is 10.3. The number of benzene rings is 1. The Kier molecular flexibility index (Phi) is 4.57. The molecule has 2 aromatic rings. The van der Waals surface area contributed by atoms with Crippen molar-refractivity contribution in [2.45, 2.75) is 6.54 Å². The second-order valence-electron chi connectivity index (χ2n) is 4.24. The molecule has 0 spiro atoms. The first-order chi connectivity index (χ1) is 9.47. The summed E-state index contributed by atoms with van der Waals surface area (Å²) in [6.45, 7) is 0.482. The quantitative estimate of drug-likeness (QED) is 0.613. The molecule has 2 rings (SSSR count). The summed E-state index contributed by atoms with van der Waals surface area (Å²) in [6.07, 6.45) is 1.54. The highest BCUT2D eigenvalue weighted by atomic mass is 79.9. The van der Waals surface area contributed by atoms with Crippen LogP contribution in [0.3, 0.4) is 0 Å². The van der Waals surface area contributed by atoms with Gasteiger partial charge in [0.25, 0.3) is 0 Å². The van der Waals surface area contributed by atoms with Crippen molar-refractivity contribution in [1.29, 1.82) is 0 Å². The number of anilines is 1. The number of hydrogen-bond donors (Lipinski definition) is 0. The Morgan fingerprint density at radius 1 is 1.45 bits per heavy atom. The van der Waals surface area contributed by atoms with Crippen molar-refractivity contribution < 1.29 is 4.92 Å². The van der Waals surface area contributed by atoms with E-state index < -0.39 is 4.92 Å². The van der Waals surface area contributed by atoms with Crippen LogP contribution in [0.4, 0.5) is 11.5 Å². The lowest BCUT2D eigenvalue weighted by Crippen LogP contribution is -2.19. The molecular formula is C13H11BrClN3O2. The SMILES string of the molecule is CN(Cc1cccc(Cl)c1)c1ncc(Br)cc1[N+](=O)[O-]. The number of nitrogens with zero attached hydrogens (tertiary/aromatic N) is 3. The summed E-state index contributed by atoms with van der Waals surface area (Å²) in [6, 6.07) is 8.80. The van der Waals surface area contributed by atoms with Gasteiger partial charge in [0.05, 0.1) is 4.92 Å². The van der Waals surface area contributed by atoms with E-state index in [4.69, 9.17) is 11.6 Å². The third-order valence-electron chi connectivity index (χ3n) is 2.68. The number of halogens is 2. The van der Waals surface area contributed by atoms with Gasteiger partial charge >= 0.3 is 5.69 Å². The van der Waals surface area contributed by atoms with Gasteiger partial charge in [-0.1, -0.05) is 23.7 Å². The van der Waals surface area contributed by atoms with Gasteiger partial charge in [-0.15, -0.1) is 0 Å². The van der Waals surface area contributed by atoms with Gasteiger partial charge in [0.1, 0.15) is 0 Å². The van der Waals surface area contributed by atoms with Crippen LogP contribution in [0.15, 0.2) is 41.0 Å². The fraction of sp³-hybridized carbons (Fsp3) is 0.154. The van der Waals surface area contributed by atoms with Gasteiger partial charge in [-0.25, -0.2) is 4.98 Å². The van der Waals surface area contributed by atoms with E-state index in [1.807, 2.05) is 18.2 Å². The molecule has 1 heterocycles. The van der Waals surface area contributed by atoms with E-state index in [9.17, 15) is 10.1 Å². The zero-order valence-corrected chi connectivity index (χ0v) is 12.9. The molecular weight excluding hydrogens is 346 g/mol. The Balaban J connectivity index is 2.29. The molecule has 0 unspecified atom stereocenters. The summed E-state index contributed by atoms with van der Waals surface area (Å²) in [5, 5.41) is 11.7. The lowest BCUT2D eigenvalue weighted by molar-refractivity contribution is -0.384. The predicted octanol–water partition coefficient (Wildman–Crippen LogP) is 4.04. The Bertz CT molecular complexity index is 651. The van der Waals surface area contributed by atoms with Crippen LogP contribution in [-0.2, 0) is 6.54 Å². The molecule has 0 atom stereocenters. The molecule has 0 amide bonds. The van der Waals surface area contributed by atoms with E-state index in [1.54, 1.807) is 18.0 Å². The molecule has 7 heteroatoms. The second-order valence-corrected chi connectivity index (χ2v) is 5.59. The van der Waals surface area contributed by atoms with Gasteiger partial charge in [0, 0.05) is 35.4 Å². The first-order valence-electron chi connectivity index (χ1n) is 5.73. The van der Waals surface area contributed by atoms with Crippen LogP contribution >= 0.6 is 27.5 Å². The standard InChI is InChI=1S/C13H11BrClN3O2/c1-17(8-9-3-2-4-11(15)5-9)13-12(18(19)20)6-10(14)7-16-13/h2-7H,8H2,1H3. The molecule has 0 radical (unpaired) electrons. The summed E-state index contributed by atoms with van der Waals surface area (Å²) in [5.41, 5.74) is 0.919. The molecule has 5 nitrogen and oxygen atoms in total. The van der Waals surface area contributed by atoms with Gasteiger partial charge in [-0.05, 0) is 33.6 Å². The largest absolute Gasteiger partial charge is 0.350 e. The summed E-state index contributed by atoms with van der Waals surface area (Å²) in [7, 11) is 1.75. The molecule has 1 aromatic carbocycles. The van der Waals surface area contributed by atoms with E-state index in [0.717, 1.165) is 5.56 Å². The summed E-state index contributed by atoms with van der Waals surface area (Å²) in [4.78, 5) is 16.5. The van der Waals surface area contributed by atoms with Crippen LogP contribution in [0.2, 0.25) is 5.02 Å². The maximum absolute atomic E-state index is 11.1. The predicted molar refractivity (Wildman–Crippen MR) is 82.2 cm³/mol. The number of nitro groups is 1. The van der Waals surface area contributed by atoms with Gasteiger partial charge in [0.15, 0.2) is 0 Å². The topological polar surface area (TPSA) is 59.3 Å². The number of aromatic nitrogens is 1. The van der Waals surface area contributed by atoms with E-state index in [-0.39, 0.29) is 5.69 Å². The fourth-order valence-corrected chi connectivity index (χ4v) is 2.37. The highest BCUT2D eigenvalue weighted by molar-refractivity contribution is 9.10. The second kappa shape index (κ2) is 6.19. The van der Waals surface area contributed by atoms with Crippen LogP contribution in [0.1, 0.15) is 5.56 Å². The highest BCUT2D eigenvalue weighted by Gasteiger charge is 2.19. The maximum atomic E-state index is 11.1. The molecule has 104 valence electrons. The Morgan fingerprint density at radius 2 is 2.20 bits per heavy atom. The number of rotatable bonds is 4. The number of pyridine rings is 1. The lowest BCUT2D eigenvalue weighted by atomic mass is 10.2. The summed E-state index contributed by atoms with van der Waals surface area (Å²) >= 11 is 9.12. The minimum absolute atomic E-state index is 0.0381. The third-order valence-corrected chi connectivity index (χ3v) is 3.35. The molecule has 0 aliphatic carbocycles. The highest BCUT2D eigenvalue weighted by Crippen LogP contribution is 2.28. The van der Waals surface area contributed by atoms with Gasteiger partial charge in [-0.3, -0.25) is 10.1 Å². The van der Waals surface area contributed by atoms with Crippen molar-refractivity contribution in [2.75, 3.05) is 11.9 Å². The van der Waals surface area contributed by atoms with Gasteiger partial charge < -0.3 is 4.90 Å². The van der Waals surface area contributed by atoms with Crippen molar-refractivity contribution in [1.82, 2.24) is 4.98 Å². The van der Waals surface area contributed by atoms with Crippen LogP contribution < -0.4 is 4.90 Å². The van der Waals surface area contributed by atoms with Crippen LogP contribution in [-0.4, -0.2) is 17.0 Å². The first kappa shape index (κ1) is 14.7. The van der Waals surface area contributed by atoms with Crippen molar-refractivity contribution in [3.63, 3.8) is 0 Å². The minimum atomic E-state index is -0.443. The maximum Gasteiger partial charge on any atom is 0.312 e. The first-order valence-corrected chi connectivity index (χ1v) is 6.90. The lowest BCUT2D eigenvalue weighted by Gasteiger charge is -2.18. The molecule has 0 fully saturated rings. The Morgan fingerprint density at radius 3 is 2.85 bits per heavy atom. The molecule has 0 saturated carbocycles. The van der Waals surface area contributed by atoms with Crippen LogP contribution in [0.5, 0.6) is 0 Å². The number of hydrogen-bond acceptors (Lipinski definition) is 4. The van der Waals surface area contributed by atoms with E-state index in [0.29, 0.717) is 21.9 Å². The van der Waals surface area contributed by atoms with Crippen LogP contribution in [0.25, 0.3) is 0 Å². The zero-order valence-electron chi connectivity index (χ0n) is 10.6. The zero-order chi connectivity index (χ0) is 14.7. The van der Waals surface area contributed by atoms with Crippen molar-refractivity contribution in [3.05, 3.63) is 61.7 Å². The third kappa shape index (κ3) is 3.46. The Hall–Kier alpha value is -1.66. The van der Waals surface area contributed by atoms with Crippen molar-refractivity contribution in [2.24, 2.45) is 0 Å².